The van der Waals surface area contributed by atoms with E-state index in [9.17, 15) is 4.79 Å². The number of unbranched alkanes of at least 4 members (excludes halogenated alkanes) is 1. The number of pyridine rings is 1. The summed E-state index contributed by atoms with van der Waals surface area (Å²) < 4.78 is 10.9. The topological polar surface area (TPSA) is 60.5 Å². The molecule has 0 fully saturated rings. The van der Waals surface area contributed by atoms with Gasteiger partial charge in [-0.3, -0.25) is 9.78 Å². The fourth-order valence-corrected chi connectivity index (χ4v) is 4.13. The highest BCUT2D eigenvalue weighted by molar-refractivity contribution is 5.95. The van der Waals surface area contributed by atoms with Crippen LogP contribution >= 0.6 is 0 Å². The van der Waals surface area contributed by atoms with E-state index < -0.39 is 0 Å². The third-order valence-corrected chi connectivity index (χ3v) is 6.06. The fourth-order valence-electron chi connectivity index (χ4n) is 4.13. The minimum Gasteiger partial charge on any atom is -0.493 e. The molecule has 180 valence electrons. The normalized spacial score (nSPS) is 11.6. The molecule has 0 unspecified atom stereocenters. The monoisotopic (exact) mass is 460 g/mol. The molecule has 1 amide bonds. The van der Waals surface area contributed by atoms with Crippen LogP contribution < -0.4 is 14.8 Å². The van der Waals surface area contributed by atoms with Crippen LogP contribution in [0.4, 0.5) is 0 Å². The lowest BCUT2D eigenvalue weighted by atomic mass is 9.93. The number of methoxy groups -OCH3 is 2. The van der Waals surface area contributed by atoms with Crippen molar-refractivity contribution in [3.8, 4) is 22.6 Å². The number of hydrogen-bond donors (Lipinski definition) is 1. The van der Waals surface area contributed by atoms with E-state index in [1.54, 1.807) is 20.4 Å². The Morgan fingerprint density at radius 3 is 2.53 bits per heavy atom. The number of ether oxygens (including phenoxy) is 2. The third kappa shape index (κ3) is 6.83. The first-order valence-electron chi connectivity index (χ1n) is 12.1. The number of benzene rings is 2. The lowest BCUT2D eigenvalue weighted by Gasteiger charge is -2.17. The average Bonchev–Trinajstić information content (AvgIpc) is 2.87. The Morgan fingerprint density at radius 2 is 1.82 bits per heavy atom. The Bertz CT molecular complexity index is 1070. The highest BCUT2D eigenvalue weighted by atomic mass is 16.5. The van der Waals surface area contributed by atoms with Gasteiger partial charge in [-0.05, 0) is 91.6 Å². The lowest BCUT2D eigenvalue weighted by molar-refractivity contribution is 0.0938. The predicted octanol–water partition coefficient (Wildman–Crippen LogP) is 6.25. The van der Waals surface area contributed by atoms with Gasteiger partial charge in [-0.25, -0.2) is 0 Å². The molecule has 0 aliphatic heterocycles. The molecule has 2 aromatic carbocycles. The molecular formula is C29H36N2O3. The maximum atomic E-state index is 13.0. The molecule has 0 saturated heterocycles. The Morgan fingerprint density at radius 1 is 1.00 bits per heavy atom. The van der Waals surface area contributed by atoms with Crippen molar-refractivity contribution in [2.75, 3.05) is 14.2 Å². The van der Waals surface area contributed by atoms with Crippen molar-refractivity contribution >= 4 is 5.91 Å². The Kier molecular flexibility index (Phi) is 9.51. The molecule has 1 aromatic heterocycles. The molecule has 1 atom stereocenters. The predicted molar refractivity (Wildman–Crippen MR) is 138 cm³/mol. The van der Waals surface area contributed by atoms with Gasteiger partial charge in [0.15, 0.2) is 11.5 Å². The van der Waals surface area contributed by atoms with E-state index in [4.69, 9.17) is 9.47 Å². The van der Waals surface area contributed by atoms with E-state index in [0.717, 1.165) is 49.7 Å². The summed E-state index contributed by atoms with van der Waals surface area (Å²) in [7, 11) is 3.28. The molecule has 34 heavy (non-hydrogen) atoms. The van der Waals surface area contributed by atoms with Crippen LogP contribution in [0.25, 0.3) is 11.1 Å². The summed E-state index contributed by atoms with van der Waals surface area (Å²) >= 11 is 0. The van der Waals surface area contributed by atoms with Gasteiger partial charge in [-0.1, -0.05) is 31.5 Å². The van der Waals surface area contributed by atoms with Crippen molar-refractivity contribution in [3.05, 3.63) is 77.6 Å². The molecule has 0 radical (unpaired) electrons. The molecule has 1 heterocycles. The molecule has 1 N–H and O–H groups in total. The number of nitrogens with one attached hydrogen (secondary N) is 1. The Hall–Kier alpha value is -3.34. The number of carbonyl (C=O) groups is 1. The van der Waals surface area contributed by atoms with Gasteiger partial charge < -0.3 is 14.8 Å². The van der Waals surface area contributed by atoms with E-state index in [1.165, 1.54) is 11.1 Å². The zero-order valence-corrected chi connectivity index (χ0v) is 20.8. The van der Waals surface area contributed by atoms with Gasteiger partial charge in [0.2, 0.25) is 0 Å². The van der Waals surface area contributed by atoms with E-state index in [1.807, 2.05) is 48.7 Å². The van der Waals surface area contributed by atoms with Gasteiger partial charge in [0.1, 0.15) is 0 Å². The number of nitrogens with zero attached hydrogens (tertiary/aromatic N) is 1. The maximum Gasteiger partial charge on any atom is 0.251 e. The number of aryl methyl sites for hydroxylation is 2. The summed E-state index contributed by atoms with van der Waals surface area (Å²) in [6.07, 6.45) is 9.67. The van der Waals surface area contributed by atoms with Crippen molar-refractivity contribution in [2.24, 2.45) is 0 Å². The standard InChI is InChI=1S/C29H36N2O3/c1-5-6-12-23-18-25(13-15-26(23)24-14-16-27(33-3)28(19-24)34-4)29(32)31-21(2)9-7-10-22-11-8-17-30-20-22/h8,11,13-21H,5-7,9-10,12H2,1-4H3,(H,31,32)/t21-/m1/s1. The minimum absolute atomic E-state index is 0.0227. The molecule has 5 nitrogen and oxygen atoms in total. The van der Waals surface area contributed by atoms with Crippen LogP contribution in [0.15, 0.2) is 60.9 Å². The van der Waals surface area contributed by atoms with E-state index in [2.05, 4.69) is 30.2 Å². The first-order chi connectivity index (χ1) is 16.5. The summed E-state index contributed by atoms with van der Waals surface area (Å²) in [6.45, 7) is 4.25. The van der Waals surface area contributed by atoms with Crippen molar-refractivity contribution in [3.63, 3.8) is 0 Å². The summed E-state index contributed by atoms with van der Waals surface area (Å²) in [5.74, 6) is 1.38. The maximum absolute atomic E-state index is 13.0. The van der Waals surface area contributed by atoms with Crippen LogP contribution in [0, 0.1) is 0 Å². The molecule has 0 aliphatic rings. The number of carbonyl (C=O) groups excluding carboxylic acids is 1. The second kappa shape index (κ2) is 12.8. The number of rotatable bonds is 12. The van der Waals surface area contributed by atoms with Gasteiger partial charge in [0, 0.05) is 24.0 Å². The molecule has 0 spiro atoms. The van der Waals surface area contributed by atoms with E-state index >= 15 is 0 Å². The van der Waals surface area contributed by atoms with Crippen LogP contribution in [0.5, 0.6) is 11.5 Å². The summed E-state index contributed by atoms with van der Waals surface area (Å²) in [4.78, 5) is 17.2. The third-order valence-electron chi connectivity index (χ3n) is 6.06. The Balaban J connectivity index is 1.71. The zero-order chi connectivity index (χ0) is 24.3. The largest absolute Gasteiger partial charge is 0.493 e. The molecule has 0 bridgehead atoms. The highest BCUT2D eigenvalue weighted by Crippen LogP contribution is 2.34. The molecular weight excluding hydrogens is 424 g/mol. The second-order valence-corrected chi connectivity index (χ2v) is 8.67. The van der Waals surface area contributed by atoms with Crippen molar-refractivity contribution in [1.82, 2.24) is 10.3 Å². The fraction of sp³-hybridized carbons (Fsp3) is 0.379. The number of hydrogen-bond acceptors (Lipinski definition) is 4. The molecule has 0 aliphatic carbocycles. The minimum atomic E-state index is -0.0227. The lowest BCUT2D eigenvalue weighted by Crippen LogP contribution is -2.32. The van der Waals surface area contributed by atoms with Crippen LogP contribution in [-0.4, -0.2) is 31.2 Å². The first kappa shape index (κ1) is 25.3. The van der Waals surface area contributed by atoms with Crippen LogP contribution in [0.3, 0.4) is 0 Å². The van der Waals surface area contributed by atoms with Crippen molar-refractivity contribution < 1.29 is 14.3 Å². The quantitative estimate of drug-likeness (QED) is 0.347. The highest BCUT2D eigenvalue weighted by Gasteiger charge is 2.15. The molecule has 5 heteroatoms. The van der Waals surface area contributed by atoms with Gasteiger partial charge in [0.05, 0.1) is 14.2 Å². The summed E-state index contributed by atoms with van der Waals surface area (Å²) in [5.41, 5.74) is 5.28. The Labute approximate surface area is 203 Å². The van der Waals surface area contributed by atoms with Gasteiger partial charge in [-0.15, -0.1) is 0 Å². The average molecular weight is 461 g/mol. The summed E-state index contributed by atoms with van der Waals surface area (Å²) in [6, 6.07) is 16.1. The van der Waals surface area contributed by atoms with Crippen LogP contribution in [-0.2, 0) is 12.8 Å². The van der Waals surface area contributed by atoms with Gasteiger partial charge in [0.25, 0.3) is 5.91 Å². The number of amides is 1. The molecule has 3 rings (SSSR count). The smallest absolute Gasteiger partial charge is 0.251 e. The zero-order valence-electron chi connectivity index (χ0n) is 20.8. The van der Waals surface area contributed by atoms with Crippen LogP contribution in [0.1, 0.15) is 61.0 Å². The molecule has 0 saturated carbocycles. The van der Waals surface area contributed by atoms with Gasteiger partial charge in [-0.2, -0.15) is 0 Å². The van der Waals surface area contributed by atoms with Crippen LogP contribution in [0.2, 0.25) is 0 Å². The SMILES string of the molecule is CCCCc1cc(C(=O)N[C@H](C)CCCc2cccnc2)ccc1-c1ccc(OC)c(OC)c1. The molecule has 3 aromatic rings. The van der Waals surface area contributed by atoms with E-state index in [0.29, 0.717) is 17.1 Å². The first-order valence-corrected chi connectivity index (χ1v) is 12.1. The van der Waals surface area contributed by atoms with Gasteiger partial charge >= 0.3 is 0 Å². The van der Waals surface area contributed by atoms with E-state index in [-0.39, 0.29) is 11.9 Å². The number of aromatic nitrogens is 1. The summed E-state index contributed by atoms with van der Waals surface area (Å²) in [5, 5.41) is 3.17. The van der Waals surface area contributed by atoms with Crippen molar-refractivity contribution in [2.45, 2.75) is 58.4 Å². The van der Waals surface area contributed by atoms with Crippen molar-refractivity contribution in [1.29, 1.82) is 0 Å². The second-order valence-electron chi connectivity index (χ2n) is 8.67.